The van der Waals surface area contributed by atoms with Crippen molar-refractivity contribution in [1.82, 2.24) is 30.4 Å². The van der Waals surface area contributed by atoms with E-state index in [-0.39, 0.29) is 0 Å². The van der Waals surface area contributed by atoms with Crippen LogP contribution in [-0.2, 0) is 26.6 Å². The van der Waals surface area contributed by atoms with E-state index in [2.05, 4.69) is 49.9 Å². The van der Waals surface area contributed by atoms with E-state index in [4.69, 9.17) is 4.74 Å². The summed E-state index contributed by atoms with van der Waals surface area (Å²) in [6.07, 6.45) is 2.77. The molecule has 0 aliphatic rings. The summed E-state index contributed by atoms with van der Waals surface area (Å²) in [6.45, 7) is 5.82. The normalized spacial score (nSPS) is 11.5. The number of rotatable bonds is 8. The van der Waals surface area contributed by atoms with Crippen LogP contribution in [0.15, 0.2) is 35.5 Å². The number of guanidine groups is 1. The third-order valence-electron chi connectivity index (χ3n) is 4.50. The van der Waals surface area contributed by atoms with Gasteiger partial charge in [0.1, 0.15) is 23.1 Å². The molecule has 0 aliphatic heterocycles. The maximum absolute atomic E-state index is 5.21. The maximum Gasteiger partial charge on any atom is 0.192 e. The van der Waals surface area contributed by atoms with E-state index in [0.29, 0.717) is 13.1 Å². The summed E-state index contributed by atoms with van der Waals surface area (Å²) in [7, 11) is 3.62. The minimum Gasteiger partial charge on any atom is -0.497 e. The number of hydrogen-bond donors (Lipinski definition) is 2. The van der Waals surface area contributed by atoms with Crippen LogP contribution in [0.3, 0.4) is 0 Å². The van der Waals surface area contributed by atoms with Crippen molar-refractivity contribution in [3.8, 4) is 5.75 Å². The Kier molecular flexibility index (Phi) is 7.18. The number of aliphatic imine (C=N–C) groups is 1. The third-order valence-corrected chi connectivity index (χ3v) is 5.42. The molecular formula is C20H27N7OS. The van der Waals surface area contributed by atoms with Gasteiger partial charge in [-0.1, -0.05) is 12.1 Å². The van der Waals surface area contributed by atoms with Gasteiger partial charge in [0.15, 0.2) is 11.8 Å². The van der Waals surface area contributed by atoms with Crippen LogP contribution in [0.4, 0.5) is 0 Å². The van der Waals surface area contributed by atoms with Gasteiger partial charge in [0, 0.05) is 24.7 Å². The van der Waals surface area contributed by atoms with E-state index in [1.165, 1.54) is 10.4 Å². The monoisotopic (exact) mass is 413 g/mol. The van der Waals surface area contributed by atoms with Gasteiger partial charge in [0.25, 0.3) is 0 Å². The Bertz CT molecular complexity index is 946. The van der Waals surface area contributed by atoms with E-state index in [0.717, 1.165) is 41.3 Å². The summed E-state index contributed by atoms with van der Waals surface area (Å²) in [5, 5.41) is 16.1. The molecule has 0 unspecified atom stereocenters. The molecule has 3 aromatic rings. The number of ether oxygens (including phenoxy) is 1. The largest absolute Gasteiger partial charge is 0.497 e. The van der Waals surface area contributed by atoms with Crippen LogP contribution in [-0.4, -0.2) is 39.4 Å². The molecule has 0 aliphatic carbocycles. The van der Waals surface area contributed by atoms with E-state index in [1.54, 1.807) is 18.4 Å². The van der Waals surface area contributed by atoms with Crippen molar-refractivity contribution in [2.45, 2.75) is 33.4 Å². The zero-order valence-electron chi connectivity index (χ0n) is 17.3. The summed E-state index contributed by atoms with van der Waals surface area (Å²) in [5.41, 5.74) is 1.23. The first-order chi connectivity index (χ1) is 14.0. The predicted molar refractivity (Wildman–Crippen MR) is 115 cm³/mol. The Morgan fingerprint density at radius 1 is 1.17 bits per heavy atom. The molecule has 3 rings (SSSR count). The van der Waals surface area contributed by atoms with Gasteiger partial charge in [-0.3, -0.25) is 0 Å². The van der Waals surface area contributed by atoms with E-state index in [1.807, 2.05) is 36.9 Å². The van der Waals surface area contributed by atoms with E-state index < -0.39 is 0 Å². The Labute approximate surface area is 175 Å². The number of hydrogen-bond acceptors (Lipinski definition) is 6. The van der Waals surface area contributed by atoms with Crippen molar-refractivity contribution in [3.05, 3.63) is 57.6 Å². The fourth-order valence-corrected chi connectivity index (χ4v) is 3.40. The molecule has 0 amide bonds. The van der Waals surface area contributed by atoms with Crippen LogP contribution in [0.1, 0.15) is 27.1 Å². The molecule has 0 bridgehead atoms. The van der Waals surface area contributed by atoms with Crippen molar-refractivity contribution in [3.63, 3.8) is 0 Å². The summed E-state index contributed by atoms with van der Waals surface area (Å²) >= 11 is 1.68. The molecule has 2 aromatic heterocycles. The van der Waals surface area contributed by atoms with Gasteiger partial charge in [-0.05, 0) is 38.0 Å². The zero-order chi connectivity index (χ0) is 20.6. The lowest BCUT2D eigenvalue weighted by molar-refractivity contribution is 0.414. The number of methoxy groups -OCH3 is 1. The average Bonchev–Trinajstić information content (AvgIpc) is 3.29. The topological polar surface area (TPSA) is 89.2 Å². The second kappa shape index (κ2) is 10.0. The molecular weight excluding hydrogens is 386 g/mol. The predicted octanol–water partition coefficient (Wildman–Crippen LogP) is 2.38. The summed E-state index contributed by atoms with van der Waals surface area (Å²) in [6, 6.07) is 8.10. The van der Waals surface area contributed by atoms with Crippen LogP contribution < -0.4 is 15.4 Å². The summed E-state index contributed by atoms with van der Waals surface area (Å²) < 4.78 is 7.16. The average molecular weight is 414 g/mol. The van der Waals surface area contributed by atoms with Gasteiger partial charge in [0.05, 0.1) is 13.7 Å². The highest BCUT2D eigenvalue weighted by Crippen LogP contribution is 2.12. The minimum absolute atomic E-state index is 0.451. The van der Waals surface area contributed by atoms with Crippen LogP contribution in [0, 0.1) is 13.8 Å². The number of nitrogens with one attached hydrogen (secondary N) is 2. The lowest BCUT2D eigenvalue weighted by atomic mass is 10.1. The van der Waals surface area contributed by atoms with Crippen LogP contribution in [0.2, 0.25) is 0 Å². The molecule has 2 N–H and O–H groups in total. The van der Waals surface area contributed by atoms with Gasteiger partial charge in [-0.15, -0.1) is 21.5 Å². The second-order valence-corrected chi connectivity index (χ2v) is 7.95. The molecule has 9 heteroatoms. The lowest BCUT2D eigenvalue weighted by Gasteiger charge is -2.12. The van der Waals surface area contributed by atoms with Gasteiger partial charge in [-0.25, -0.2) is 9.98 Å². The molecule has 0 saturated carbocycles. The van der Waals surface area contributed by atoms with Gasteiger partial charge in [0.2, 0.25) is 0 Å². The zero-order valence-corrected chi connectivity index (χ0v) is 18.1. The van der Waals surface area contributed by atoms with Crippen LogP contribution in [0.25, 0.3) is 0 Å². The first-order valence-corrected chi connectivity index (χ1v) is 10.3. The summed E-state index contributed by atoms with van der Waals surface area (Å²) in [5.74, 6) is 3.29. The number of aryl methyl sites for hydroxylation is 2. The molecule has 0 spiro atoms. The number of nitrogens with zero attached hydrogens (tertiary/aromatic N) is 5. The van der Waals surface area contributed by atoms with E-state index >= 15 is 0 Å². The number of aromatic nitrogens is 4. The smallest absolute Gasteiger partial charge is 0.192 e. The maximum atomic E-state index is 5.21. The molecule has 0 atom stereocenters. The third kappa shape index (κ3) is 6.02. The van der Waals surface area contributed by atoms with Crippen LogP contribution in [0.5, 0.6) is 5.75 Å². The van der Waals surface area contributed by atoms with Crippen molar-refractivity contribution in [2.75, 3.05) is 13.7 Å². The fourth-order valence-electron chi connectivity index (χ4n) is 2.67. The molecule has 0 radical (unpaired) electrons. The SMILES string of the molecule is COc1ccc(CCNC(=NCc2nnc(C)n2C)NCc2ncc(C)s2)cc1. The lowest BCUT2D eigenvalue weighted by Crippen LogP contribution is -2.38. The quantitative estimate of drug-likeness (QED) is 0.435. The number of benzene rings is 1. The van der Waals surface area contributed by atoms with Crippen molar-refractivity contribution in [1.29, 1.82) is 0 Å². The standard InChI is InChI=1S/C20H27N7OS/c1-14-11-22-19(29-14)13-24-20(23-12-18-26-25-15(2)27(18)3)21-10-9-16-5-7-17(28-4)8-6-16/h5-8,11H,9-10,12-13H2,1-4H3,(H2,21,23,24). The molecule has 154 valence electrons. The Hall–Kier alpha value is -2.94. The van der Waals surface area contributed by atoms with Crippen LogP contribution >= 0.6 is 11.3 Å². The van der Waals surface area contributed by atoms with Crippen molar-refractivity contribution >= 4 is 17.3 Å². The molecule has 0 fully saturated rings. The van der Waals surface area contributed by atoms with Gasteiger partial charge in [-0.2, -0.15) is 0 Å². The molecule has 29 heavy (non-hydrogen) atoms. The molecule has 0 saturated heterocycles. The summed E-state index contributed by atoms with van der Waals surface area (Å²) in [4.78, 5) is 10.3. The molecule has 2 heterocycles. The Morgan fingerprint density at radius 3 is 2.59 bits per heavy atom. The van der Waals surface area contributed by atoms with Gasteiger partial charge >= 0.3 is 0 Å². The second-order valence-electron chi connectivity index (χ2n) is 6.63. The Morgan fingerprint density at radius 2 is 1.97 bits per heavy atom. The van der Waals surface area contributed by atoms with Gasteiger partial charge < -0.3 is 19.9 Å². The van der Waals surface area contributed by atoms with Crippen molar-refractivity contribution in [2.24, 2.45) is 12.0 Å². The fraction of sp³-hybridized carbons (Fsp3) is 0.400. The highest BCUT2D eigenvalue weighted by molar-refractivity contribution is 7.11. The van der Waals surface area contributed by atoms with E-state index in [9.17, 15) is 0 Å². The number of thiazole rings is 1. The Balaban J connectivity index is 1.60. The highest BCUT2D eigenvalue weighted by atomic mass is 32.1. The highest BCUT2D eigenvalue weighted by Gasteiger charge is 2.06. The minimum atomic E-state index is 0.451. The molecule has 8 nitrogen and oxygen atoms in total. The van der Waals surface area contributed by atoms with Crippen molar-refractivity contribution < 1.29 is 4.74 Å². The molecule has 1 aromatic carbocycles. The first kappa shape index (κ1) is 20.8. The first-order valence-electron chi connectivity index (χ1n) is 9.46.